The van der Waals surface area contributed by atoms with Crippen LogP contribution in [0.2, 0.25) is 0 Å². The largest absolute Gasteiger partial charge is 0.0895 e. The first-order chi connectivity index (χ1) is 4.20. The highest BCUT2D eigenvalue weighted by Gasteiger charge is 2.17. The van der Waals surface area contributed by atoms with Crippen LogP contribution in [0.1, 0.15) is 19.8 Å². The first-order valence-electron chi connectivity index (χ1n) is 3.18. The predicted molar refractivity (Wildman–Crippen MR) is 45.0 cm³/mol. The van der Waals surface area contributed by atoms with Crippen molar-refractivity contribution in [3.05, 3.63) is 11.1 Å². The van der Waals surface area contributed by atoms with Crippen LogP contribution in [0.4, 0.5) is 0 Å². The van der Waals surface area contributed by atoms with Gasteiger partial charge in [0.25, 0.3) is 0 Å². The van der Waals surface area contributed by atoms with Crippen LogP contribution >= 0.6 is 27.5 Å². The van der Waals surface area contributed by atoms with Crippen LogP contribution in [0.25, 0.3) is 0 Å². The summed E-state index contributed by atoms with van der Waals surface area (Å²) in [6, 6.07) is 0. The Labute approximate surface area is 69.4 Å². The van der Waals surface area contributed by atoms with Gasteiger partial charge in [-0.3, -0.25) is 0 Å². The topological polar surface area (TPSA) is 0 Å². The van der Waals surface area contributed by atoms with E-state index in [0.717, 1.165) is 17.9 Å². The molecule has 2 heteroatoms. The minimum Gasteiger partial charge on any atom is -0.0895 e. The van der Waals surface area contributed by atoms with Crippen molar-refractivity contribution in [3.63, 3.8) is 0 Å². The molecule has 0 aromatic heterocycles. The lowest BCUT2D eigenvalue weighted by molar-refractivity contribution is 0.544. The van der Waals surface area contributed by atoms with Crippen molar-refractivity contribution in [2.75, 3.05) is 0 Å². The van der Waals surface area contributed by atoms with Gasteiger partial charge in [-0.1, -0.05) is 40.5 Å². The normalized spacial score (nSPS) is 36.1. The minimum absolute atomic E-state index is 0.639. The molecule has 2 atom stereocenters. The van der Waals surface area contributed by atoms with Crippen molar-refractivity contribution in [3.8, 4) is 0 Å². The minimum atomic E-state index is 0.639. The van der Waals surface area contributed by atoms with Crippen LogP contribution in [0.3, 0.4) is 0 Å². The maximum Gasteiger partial charge on any atom is 0.0209 e. The lowest BCUT2D eigenvalue weighted by Crippen LogP contribution is -2.13. The van der Waals surface area contributed by atoms with Crippen molar-refractivity contribution in [1.82, 2.24) is 0 Å². The summed E-state index contributed by atoms with van der Waals surface area (Å²) in [6.07, 6.45) is 4.22. The maximum absolute atomic E-state index is 5.82. The molecule has 0 aliphatic heterocycles. The second kappa shape index (κ2) is 3.07. The molecular weight excluding hydrogens is 199 g/mol. The number of hydrogen-bond donors (Lipinski definition) is 0. The van der Waals surface area contributed by atoms with Gasteiger partial charge in [-0.05, 0) is 18.8 Å². The lowest BCUT2D eigenvalue weighted by Gasteiger charge is -2.20. The summed E-state index contributed by atoms with van der Waals surface area (Å²) < 4.78 is 0. The zero-order valence-electron chi connectivity index (χ0n) is 5.40. The van der Waals surface area contributed by atoms with Crippen LogP contribution in [-0.4, -0.2) is 4.83 Å². The zero-order chi connectivity index (χ0) is 6.85. The molecule has 0 N–H and O–H groups in total. The van der Waals surface area contributed by atoms with E-state index in [1.54, 1.807) is 0 Å². The van der Waals surface area contributed by atoms with Gasteiger partial charge in [0.1, 0.15) is 0 Å². The van der Waals surface area contributed by atoms with Gasteiger partial charge in [-0.15, -0.1) is 0 Å². The Kier molecular flexibility index (Phi) is 2.59. The van der Waals surface area contributed by atoms with E-state index in [1.165, 1.54) is 0 Å². The number of allylic oxidation sites excluding steroid dienone is 2. The van der Waals surface area contributed by atoms with Crippen LogP contribution in [0, 0.1) is 5.92 Å². The van der Waals surface area contributed by atoms with Crippen molar-refractivity contribution < 1.29 is 0 Å². The summed E-state index contributed by atoms with van der Waals surface area (Å²) in [4.78, 5) is 0.639. The molecule has 1 aliphatic rings. The number of hydrogen-bond acceptors (Lipinski definition) is 0. The molecule has 1 aliphatic carbocycles. The predicted octanol–water partition coefficient (Wildman–Crippen LogP) is 3.30. The Morgan fingerprint density at radius 3 is 2.89 bits per heavy atom. The van der Waals surface area contributed by atoms with Gasteiger partial charge in [-0.25, -0.2) is 0 Å². The molecule has 0 nitrogen and oxygen atoms in total. The molecule has 0 saturated heterocycles. The Balaban J connectivity index is 2.54. The Morgan fingerprint density at radius 1 is 1.78 bits per heavy atom. The first-order valence-corrected chi connectivity index (χ1v) is 4.48. The van der Waals surface area contributed by atoms with E-state index < -0.39 is 0 Å². The standard InChI is InChI=1S/C7H10BrCl/c1-5-4-6(9)2-3-7(5)8/h2,5,7H,3-4H2,1H3. The summed E-state index contributed by atoms with van der Waals surface area (Å²) in [5, 5.41) is 1.03. The molecular formula is C7H10BrCl. The molecule has 0 aromatic carbocycles. The third-order valence-corrected chi connectivity index (χ3v) is 3.28. The van der Waals surface area contributed by atoms with Crippen molar-refractivity contribution >= 4 is 27.5 Å². The van der Waals surface area contributed by atoms with E-state index in [2.05, 4.69) is 28.9 Å². The van der Waals surface area contributed by atoms with Gasteiger partial charge in [-0.2, -0.15) is 0 Å². The lowest BCUT2D eigenvalue weighted by atomic mass is 9.96. The number of halogens is 2. The number of rotatable bonds is 0. The van der Waals surface area contributed by atoms with Crippen LogP contribution in [-0.2, 0) is 0 Å². The van der Waals surface area contributed by atoms with Crippen LogP contribution in [0.5, 0.6) is 0 Å². The third-order valence-electron chi connectivity index (χ3n) is 1.70. The van der Waals surface area contributed by atoms with Crippen LogP contribution in [0.15, 0.2) is 11.1 Å². The Hall–Kier alpha value is 0.510. The summed E-state index contributed by atoms with van der Waals surface area (Å²) in [6.45, 7) is 2.22. The monoisotopic (exact) mass is 208 g/mol. The van der Waals surface area contributed by atoms with E-state index in [1.807, 2.05) is 0 Å². The summed E-state index contributed by atoms with van der Waals surface area (Å²) in [5.74, 6) is 0.697. The second-order valence-electron chi connectivity index (χ2n) is 2.58. The average Bonchev–Trinajstić information content (AvgIpc) is 1.80. The highest BCUT2D eigenvalue weighted by Crippen LogP contribution is 2.30. The molecule has 2 unspecified atom stereocenters. The summed E-state index contributed by atoms with van der Waals surface area (Å²) >= 11 is 9.39. The Morgan fingerprint density at radius 2 is 2.44 bits per heavy atom. The Bertz CT molecular complexity index is 131. The molecule has 0 radical (unpaired) electrons. The van der Waals surface area contributed by atoms with E-state index >= 15 is 0 Å². The summed E-state index contributed by atoms with van der Waals surface area (Å²) in [7, 11) is 0. The first kappa shape index (κ1) is 7.62. The molecule has 0 fully saturated rings. The fraction of sp³-hybridized carbons (Fsp3) is 0.714. The zero-order valence-corrected chi connectivity index (χ0v) is 7.74. The summed E-state index contributed by atoms with van der Waals surface area (Å²) in [5.41, 5.74) is 0. The molecule has 0 heterocycles. The van der Waals surface area contributed by atoms with Crippen molar-refractivity contribution in [1.29, 1.82) is 0 Å². The van der Waals surface area contributed by atoms with Gasteiger partial charge in [0.15, 0.2) is 0 Å². The average molecular weight is 210 g/mol. The van der Waals surface area contributed by atoms with E-state index in [0.29, 0.717) is 10.7 Å². The van der Waals surface area contributed by atoms with Gasteiger partial charge >= 0.3 is 0 Å². The van der Waals surface area contributed by atoms with Gasteiger partial charge in [0, 0.05) is 9.86 Å². The highest BCUT2D eigenvalue weighted by atomic mass is 79.9. The van der Waals surface area contributed by atoms with E-state index in [4.69, 9.17) is 11.6 Å². The van der Waals surface area contributed by atoms with E-state index in [-0.39, 0.29) is 0 Å². The molecule has 0 spiro atoms. The highest BCUT2D eigenvalue weighted by molar-refractivity contribution is 9.09. The quantitative estimate of drug-likeness (QED) is 0.537. The van der Waals surface area contributed by atoms with Crippen LogP contribution < -0.4 is 0 Å². The molecule has 0 amide bonds. The smallest absolute Gasteiger partial charge is 0.0209 e. The number of alkyl halides is 1. The molecule has 52 valence electrons. The SMILES string of the molecule is CC1CC(Cl)=CCC1Br. The van der Waals surface area contributed by atoms with Gasteiger partial charge < -0.3 is 0 Å². The second-order valence-corrected chi connectivity index (χ2v) is 4.25. The molecule has 1 rings (SSSR count). The molecule has 9 heavy (non-hydrogen) atoms. The molecule has 0 saturated carbocycles. The third kappa shape index (κ3) is 1.98. The maximum atomic E-state index is 5.82. The molecule has 0 bridgehead atoms. The molecule has 0 aromatic rings. The van der Waals surface area contributed by atoms with E-state index in [9.17, 15) is 0 Å². The van der Waals surface area contributed by atoms with Gasteiger partial charge in [0.05, 0.1) is 0 Å². The fourth-order valence-electron chi connectivity index (χ4n) is 0.992. The van der Waals surface area contributed by atoms with Crippen molar-refractivity contribution in [2.24, 2.45) is 5.92 Å². The van der Waals surface area contributed by atoms with Gasteiger partial charge in [0.2, 0.25) is 0 Å². The fourth-order valence-corrected chi connectivity index (χ4v) is 1.70. The van der Waals surface area contributed by atoms with Crippen molar-refractivity contribution in [2.45, 2.75) is 24.6 Å².